The van der Waals surface area contributed by atoms with Crippen LogP contribution in [0.2, 0.25) is 0 Å². The molecule has 0 saturated carbocycles. The van der Waals surface area contributed by atoms with Crippen molar-refractivity contribution in [3.63, 3.8) is 0 Å². The summed E-state index contributed by atoms with van der Waals surface area (Å²) < 4.78 is 40.8. The second kappa shape index (κ2) is 8.62. The van der Waals surface area contributed by atoms with Gasteiger partial charge < -0.3 is 10.2 Å². The largest absolute Gasteiger partial charge is 0.362 e. The molecule has 4 rings (SSSR count). The van der Waals surface area contributed by atoms with Gasteiger partial charge in [0.25, 0.3) is 0 Å². The van der Waals surface area contributed by atoms with E-state index >= 15 is 0 Å². The van der Waals surface area contributed by atoms with Crippen molar-refractivity contribution in [1.29, 1.82) is 0 Å². The molecular weight excluding hydrogens is 433 g/mol. The third-order valence-electron chi connectivity index (χ3n) is 5.15. The number of aromatic nitrogens is 2. The first-order valence-corrected chi connectivity index (χ1v) is 12.1. The van der Waals surface area contributed by atoms with Crippen LogP contribution in [-0.4, -0.2) is 43.5 Å². The van der Waals surface area contributed by atoms with Crippen molar-refractivity contribution in [2.24, 2.45) is 0 Å². The number of halogens is 1. The highest BCUT2D eigenvalue weighted by molar-refractivity contribution is 7.92. The average Bonchev–Trinajstić information content (AvgIpc) is 3.08. The third-order valence-corrected chi connectivity index (χ3v) is 5.74. The summed E-state index contributed by atoms with van der Waals surface area (Å²) in [5.41, 5.74) is 3.60. The molecule has 1 amide bonds. The number of aryl methyl sites for hydroxylation is 1. The minimum absolute atomic E-state index is 0.100. The Kier molecular flexibility index (Phi) is 5.88. The number of carbonyl (C=O) groups excluding carboxylic acids is 1. The Morgan fingerprint density at radius 1 is 1.19 bits per heavy atom. The number of fused-ring (bicyclic) bond motifs is 1. The van der Waals surface area contributed by atoms with Crippen LogP contribution in [0.15, 0.2) is 48.5 Å². The first-order chi connectivity index (χ1) is 15.2. The number of rotatable bonds is 6. The van der Waals surface area contributed by atoms with Crippen molar-refractivity contribution in [3.05, 3.63) is 65.6 Å². The molecule has 3 aromatic rings. The van der Waals surface area contributed by atoms with Crippen molar-refractivity contribution in [2.75, 3.05) is 34.3 Å². The number of benzene rings is 2. The summed E-state index contributed by atoms with van der Waals surface area (Å²) in [6.45, 7) is 2.59. The number of nitrogens with zero attached hydrogens (tertiary/aromatic N) is 3. The molecule has 0 unspecified atom stereocenters. The van der Waals surface area contributed by atoms with Gasteiger partial charge in [0.05, 0.1) is 29.9 Å². The fraction of sp³-hybridized carbons (Fsp3) is 0.273. The third kappa shape index (κ3) is 4.91. The lowest BCUT2D eigenvalue weighted by molar-refractivity contribution is -0.115. The van der Waals surface area contributed by atoms with Crippen molar-refractivity contribution in [1.82, 2.24) is 9.78 Å². The standard InChI is InChI=1S/C22H24FN5O3S/c1-15-13-21(28(25-15)17-10-8-16(23)9-11-17)24-22(29)14-27-12-4-5-18-19(26-32(2,30)31)6-3-7-20(18)27/h3,6-11,13,26H,4-5,12,14H2,1-2H3,(H,24,29). The molecule has 1 aliphatic heterocycles. The molecule has 2 aromatic carbocycles. The Hall–Kier alpha value is -3.40. The van der Waals surface area contributed by atoms with E-state index in [-0.39, 0.29) is 18.3 Å². The van der Waals surface area contributed by atoms with E-state index in [1.54, 1.807) is 35.0 Å². The molecule has 1 aliphatic rings. The van der Waals surface area contributed by atoms with E-state index < -0.39 is 10.0 Å². The molecule has 0 atom stereocenters. The SMILES string of the molecule is Cc1cc(NC(=O)CN2CCCc3c(NS(C)(=O)=O)cccc32)n(-c2ccc(F)cc2)n1. The number of hydrogen-bond acceptors (Lipinski definition) is 5. The quantitative estimate of drug-likeness (QED) is 0.593. The molecule has 0 saturated heterocycles. The lowest BCUT2D eigenvalue weighted by Gasteiger charge is -2.32. The molecule has 10 heteroatoms. The Morgan fingerprint density at radius 2 is 1.94 bits per heavy atom. The van der Waals surface area contributed by atoms with Crippen molar-refractivity contribution >= 4 is 33.1 Å². The summed E-state index contributed by atoms with van der Waals surface area (Å²) in [7, 11) is -3.40. The minimum atomic E-state index is -3.40. The van der Waals surface area contributed by atoms with Gasteiger partial charge >= 0.3 is 0 Å². The number of sulfonamides is 1. The van der Waals surface area contributed by atoms with E-state index in [4.69, 9.17) is 0 Å². The van der Waals surface area contributed by atoms with Crippen LogP contribution in [0.3, 0.4) is 0 Å². The fourth-order valence-corrected chi connectivity index (χ4v) is 4.47. The smallest absolute Gasteiger partial charge is 0.245 e. The molecule has 0 fully saturated rings. The first-order valence-electron chi connectivity index (χ1n) is 10.2. The monoisotopic (exact) mass is 457 g/mol. The molecule has 168 valence electrons. The van der Waals surface area contributed by atoms with Gasteiger partial charge in [-0.1, -0.05) is 6.07 Å². The summed E-state index contributed by atoms with van der Waals surface area (Å²) in [5.74, 6) is -0.0943. The Morgan fingerprint density at radius 3 is 2.66 bits per heavy atom. The normalized spacial score (nSPS) is 13.5. The van der Waals surface area contributed by atoms with Crippen molar-refractivity contribution < 1.29 is 17.6 Å². The number of carbonyl (C=O) groups is 1. The number of hydrogen-bond donors (Lipinski definition) is 2. The molecule has 0 bridgehead atoms. The van der Waals surface area contributed by atoms with Gasteiger partial charge in [0.15, 0.2) is 0 Å². The predicted molar refractivity (Wildman–Crippen MR) is 122 cm³/mol. The van der Waals surface area contributed by atoms with E-state index in [1.165, 1.54) is 12.1 Å². The summed E-state index contributed by atoms with van der Waals surface area (Å²) in [5, 5.41) is 7.28. The van der Waals surface area contributed by atoms with Gasteiger partial charge in [-0.3, -0.25) is 9.52 Å². The van der Waals surface area contributed by atoms with Crippen LogP contribution in [-0.2, 0) is 21.2 Å². The number of anilines is 3. The highest BCUT2D eigenvalue weighted by Gasteiger charge is 2.23. The highest BCUT2D eigenvalue weighted by atomic mass is 32.2. The van der Waals surface area contributed by atoms with Gasteiger partial charge in [-0.05, 0) is 61.7 Å². The van der Waals surface area contributed by atoms with Gasteiger partial charge in [-0.15, -0.1) is 0 Å². The second-order valence-corrected chi connectivity index (χ2v) is 9.56. The fourth-order valence-electron chi connectivity index (χ4n) is 3.88. The first kappa shape index (κ1) is 21.8. The maximum atomic E-state index is 13.3. The highest BCUT2D eigenvalue weighted by Crippen LogP contribution is 2.33. The van der Waals surface area contributed by atoms with Crippen molar-refractivity contribution in [3.8, 4) is 5.69 Å². The Labute approximate surface area is 186 Å². The van der Waals surface area contributed by atoms with Gasteiger partial charge in [0.1, 0.15) is 11.6 Å². The zero-order valence-electron chi connectivity index (χ0n) is 17.8. The molecule has 0 spiro atoms. The van der Waals surface area contributed by atoms with Crippen LogP contribution in [0.4, 0.5) is 21.6 Å². The predicted octanol–water partition coefficient (Wildman–Crippen LogP) is 3.08. The Bertz CT molecular complexity index is 1260. The van der Waals surface area contributed by atoms with Crippen LogP contribution >= 0.6 is 0 Å². The maximum Gasteiger partial charge on any atom is 0.245 e. The molecule has 1 aromatic heterocycles. The average molecular weight is 458 g/mol. The summed E-state index contributed by atoms with van der Waals surface area (Å²) in [4.78, 5) is 14.8. The van der Waals surface area contributed by atoms with Crippen LogP contribution in [0.25, 0.3) is 5.69 Å². The van der Waals surface area contributed by atoms with Crippen LogP contribution in [0.5, 0.6) is 0 Å². The number of amides is 1. The molecule has 2 heterocycles. The topological polar surface area (TPSA) is 96.3 Å². The molecule has 0 radical (unpaired) electrons. The zero-order valence-corrected chi connectivity index (χ0v) is 18.6. The summed E-state index contributed by atoms with van der Waals surface area (Å²) in [6.07, 6.45) is 2.64. The molecular formula is C22H24FN5O3S. The van der Waals surface area contributed by atoms with E-state index in [1.807, 2.05) is 17.9 Å². The van der Waals surface area contributed by atoms with Crippen LogP contribution in [0, 0.1) is 12.7 Å². The maximum absolute atomic E-state index is 13.3. The van der Waals surface area contributed by atoms with Crippen LogP contribution < -0.4 is 14.9 Å². The van der Waals surface area contributed by atoms with Gasteiger partial charge in [0.2, 0.25) is 15.9 Å². The van der Waals surface area contributed by atoms with E-state index in [2.05, 4.69) is 15.1 Å². The van der Waals surface area contributed by atoms with Gasteiger partial charge in [-0.25, -0.2) is 17.5 Å². The van der Waals surface area contributed by atoms with E-state index in [0.717, 1.165) is 30.3 Å². The lowest BCUT2D eigenvalue weighted by Crippen LogP contribution is -2.37. The lowest BCUT2D eigenvalue weighted by atomic mass is 10.00. The van der Waals surface area contributed by atoms with E-state index in [9.17, 15) is 17.6 Å². The number of nitrogens with one attached hydrogen (secondary N) is 2. The van der Waals surface area contributed by atoms with E-state index in [0.29, 0.717) is 29.4 Å². The second-order valence-electron chi connectivity index (χ2n) is 7.81. The Balaban J connectivity index is 1.53. The molecule has 0 aliphatic carbocycles. The van der Waals surface area contributed by atoms with Crippen molar-refractivity contribution in [2.45, 2.75) is 19.8 Å². The summed E-state index contributed by atoms with van der Waals surface area (Å²) in [6, 6.07) is 13.0. The summed E-state index contributed by atoms with van der Waals surface area (Å²) >= 11 is 0. The molecule has 2 N–H and O–H groups in total. The van der Waals surface area contributed by atoms with Gasteiger partial charge in [-0.2, -0.15) is 5.10 Å². The minimum Gasteiger partial charge on any atom is -0.362 e. The molecule has 32 heavy (non-hydrogen) atoms. The van der Waals surface area contributed by atoms with Crippen LogP contribution in [0.1, 0.15) is 17.7 Å². The van der Waals surface area contributed by atoms with Gasteiger partial charge in [0, 0.05) is 18.3 Å². The zero-order chi connectivity index (χ0) is 22.9. The molecule has 8 nitrogen and oxygen atoms in total.